The van der Waals surface area contributed by atoms with Crippen LogP contribution in [0, 0.1) is 5.92 Å². The van der Waals surface area contributed by atoms with Gasteiger partial charge in [-0.05, 0) is 37.3 Å². The molecule has 0 amide bonds. The molecule has 1 N–H and O–H groups in total. The molecule has 0 radical (unpaired) electrons. The minimum Gasteiger partial charge on any atom is -0.458 e. The van der Waals surface area contributed by atoms with Gasteiger partial charge >= 0.3 is 0 Å². The van der Waals surface area contributed by atoms with E-state index in [1.807, 2.05) is 12.1 Å². The maximum absolute atomic E-state index is 5.88. The smallest absolute Gasteiger partial charge is 0.152 e. The third-order valence-electron chi connectivity index (χ3n) is 4.03. The van der Waals surface area contributed by atoms with Crippen molar-refractivity contribution in [2.24, 2.45) is 5.92 Å². The monoisotopic (exact) mass is 248 g/mol. The van der Waals surface area contributed by atoms with Gasteiger partial charge < -0.3 is 9.73 Å². The van der Waals surface area contributed by atoms with Gasteiger partial charge in [-0.2, -0.15) is 0 Å². The summed E-state index contributed by atoms with van der Waals surface area (Å²) in [5, 5.41) is 4.15. The third-order valence-corrected chi connectivity index (χ3v) is 4.24. The molecular formula is C13H13ClN2O. The van der Waals surface area contributed by atoms with Gasteiger partial charge in [0, 0.05) is 12.1 Å². The minimum atomic E-state index is 0.377. The molecule has 2 aromatic rings. The van der Waals surface area contributed by atoms with Gasteiger partial charge in [0.2, 0.25) is 0 Å². The molecule has 4 heteroatoms. The van der Waals surface area contributed by atoms with Crippen molar-refractivity contribution < 1.29 is 4.42 Å². The molecule has 1 unspecified atom stereocenters. The molecule has 1 aliphatic heterocycles. The van der Waals surface area contributed by atoms with Crippen LogP contribution in [0.2, 0.25) is 5.15 Å². The van der Waals surface area contributed by atoms with Crippen LogP contribution in [0.5, 0.6) is 0 Å². The Hall–Kier alpha value is -1.06. The fraction of sp³-hybridized carbons (Fsp3) is 0.462. The maximum atomic E-state index is 5.88. The van der Waals surface area contributed by atoms with Crippen LogP contribution in [0.1, 0.15) is 31.1 Å². The molecular weight excluding hydrogens is 236 g/mol. The van der Waals surface area contributed by atoms with Crippen molar-refractivity contribution in [3.05, 3.63) is 29.1 Å². The Morgan fingerprint density at radius 2 is 2.29 bits per heavy atom. The lowest BCUT2D eigenvalue weighted by Gasteiger charge is -2.20. The highest BCUT2D eigenvalue weighted by atomic mass is 35.5. The highest BCUT2D eigenvalue weighted by molar-refractivity contribution is 6.29. The average molecular weight is 249 g/mol. The van der Waals surface area contributed by atoms with E-state index in [4.69, 9.17) is 16.0 Å². The zero-order chi connectivity index (χ0) is 11.4. The summed E-state index contributed by atoms with van der Waals surface area (Å²) in [6, 6.07) is 6.75. The second-order valence-electron chi connectivity index (χ2n) is 5.08. The lowest BCUT2D eigenvalue weighted by atomic mass is 9.98. The number of hydrogen-bond acceptors (Lipinski definition) is 3. The fourth-order valence-corrected chi connectivity index (χ4v) is 3.40. The Kier molecular flexibility index (Phi) is 2.02. The van der Waals surface area contributed by atoms with Crippen LogP contribution in [0.15, 0.2) is 22.6 Å². The van der Waals surface area contributed by atoms with E-state index < -0.39 is 0 Å². The Morgan fingerprint density at radius 1 is 1.35 bits per heavy atom. The molecule has 17 heavy (non-hydrogen) atoms. The number of piperidine rings is 1. The number of rotatable bonds is 1. The fourth-order valence-electron chi connectivity index (χ4n) is 3.25. The second kappa shape index (κ2) is 3.47. The van der Waals surface area contributed by atoms with Gasteiger partial charge in [0.1, 0.15) is 16.4 Å². The first-order valence-electron chi connectivity index (χ1n) is 6.11. The molecule has 2 aliphatic rings. The SMILES string of the molecule is Clc1ccc2oc(C3N[C@@H]4CC[C@H]3C4)cc2n1. The zero-order valence-electron chi connectivity index (χ0n) is 9.32. The van der Waals surface area contributed by atoms with Crippen LogP contribution in [0.25, 0.3) is 11.1 Å². The predicted molar refractivity (Wildman–Crippen MR) is 66.0 cm³/mol. The van der Waals surface area contributed by atoms with Gasteiger partial charge in [0.15, 0.2) is 5.58 Å². The first-order chi connectivity index (χ1) is 8.29. The van der Waals surface area contributed by atoms with E-state index >= 15 is 0 Å². The molecule has 1 saturated heterocycles. The van der Waals surface area contributed by atoms with Gasteiger partial charge in [-0.15, -0.1) is 0 Å². The summed E-state index contributed by atoms with van der Waals surface area (Å²) in [5.41, 5.74) is 1.69. The number of nitrogens with one attached hydrogen (secondary N) is 1. The Morgan fingerprint density at radius 3 is 3.06 bits per heavy atom. The second-order valence-corrected chi connectivity index (χ2v) is 5.47. The predicted octanol–water partition coefficient (Wildman–Crippen LogP) is 3.29. The number of furan rings is 1. The molecule has 3 atom stereocenters. The van der Waals surface area contributed by atoms with E-state index in [9.17, 15) is 0 Å². The third kappa shape index (κ3) is 1.49. The minimum absolute atomic E-state index is 0.377. The quantitative estimate of drug-likeness (QED) is 0.787. The van der Waals surface area contributed by atoms with E-state index in [0.29, 0.717) is 17.2 Å². The van der Waals surface area contributed by atoms with Crippen LogP contribution in [-0.4, -0.2) is 11.0 Å². The average Bonchev–Trinajstić information content (AvgIpc) is 3.01. The van der Waals surface area contributed by atoms with Crippen molar-refractivity contribution in [1.29, 1.82) is 0 Å². The van der Waals surface area contributed by atoms with Crippen molar-refractivity contribution in [2.75, 3.05) is 0 Å². The molecule has 0 spiro atoms. The lowest BCUT2D eigenvalue weighted by molar-refractivity contribution is 0.340. The van der Waals surface area contributed by atoms with Gasteiger partial charge in [0.05, 0.1) is 6.04 Å². The van der Waals surface area contributed by atoms with Crippen molar-refractivity contribution in [1.82, 2.24) is 10.3 Å². The molecule has 3 heterocycles. The summed E-state index contributed by atoms with van der Waals surface area (Å²) in [4.78, 5) is 4.27. The zero-order valence-corrected chi connectivity index (χ0v) is 10.1. The summed E-state index contributed by atoms with van der Waals surface area (Å²) in [5.74, 6) is 1.75. The highest BCUT2D eigenvalue weighted by Crippen LogP contribution is 2.44. The summed E-state index contributed by atoms with van der Waals surface area (Å²) in [6.07, 6.45) is 3.91. The number of nitrogens with zero attached hydrogens (tertiary/aromatic N) is 1. The van der Waals surface area contributed by atoms with Crippen molar-refractivity contribution >= 4 is 22.7 Å². The van der Waals surface area contributed by atoms with Gasteiger partial charge in [0.25, 0.3) is 0 Å². The number of halogens is 1. The molecule has 4 rings (SSSR count). The largest absolute Gasteiger partial charge is 0.458 e. The van der Waals surface area contributed by atoms with Crippen LogP contribution in [0.3, 0.4) is 0 Å². The van der Waals surface area contributed by atoms with Crippen LogP contribution in [0.4, 0.5) is 0 Å². The Balaban J connectivity index is 1.76. The molecule has 0 aromatic carbocycles. The van der Waals surface area contributed by atoms with Gasteiger partial charge in [-0.25, -0.2) is 4.98 Å². The van der Waals surface area contributed by atoms with Crippen LogP contribution >= 0.6 is 11.6 Å². The van der Waals surface area contributed by atoms with Gasteiger partial charge in [-0.1, -0.05) is 11.6 Å². The Labute approximate surface area is 104 Å². The summed E-state index contributed by atoms with van der Waals surface area (Å²) in [7, 11) is 0. The van der Waals surface area contributed by atoms with E-state index in [1.165, 1.54) is 19.3 Å². The van der Waals surface area contributed by atoms with Crippen LogP contribution < -0.4 is 5.32 Å². The van der Waals surface area contributed by atoms with Crippen molar-refractivity contribution in [2.45, 2.75) is 31.3 Å². The molecule has 3 nitrogen and oxygen atoms in total. The highest BCUT2D eigenvalue weighted by Gasteiger charge is 2.41. The standard InChI is InChI=1S/C13H13ClN2O/c14-12-4-3-10-9(16-12)6-11(17-10)13-7-1-2-8(5-7)15-13/h3-4,6-8,13,15H,1-2,5H2/t7-,8+,13?/m0/s1. The first-order valence-corrected chi connectivity index (χ1v) is 6.49. The molecule has 2 aromatic heterocycles. The van der Waals surface area contributed by atoms with Crippen LogP contribution in [-0.2, 0) is 0 Å². The van der Waals surface area contributed by atoms with Crippen molar-refractivity contribution in [3.63, 3.8) is 0 Å². The summed E-state index contributed by atoms with van der Waals surface area (Å²) >= 11 is 5.88. The van der Waals surface area contributed by atoms with E-state index in [1.54, 1.807) is 6.07 Å². The topological polar surface area (TPSA) is 38.1 Å². The molecule has 2 bridgehead atoms. The number of fused-ring (bicyclic) bond motifs is 3. The van der Waals surface area contributed by atoms with E-state index in [-0.39, 0.29) is 0 Å². The van der Waals surface area contributed by atoms with E-state index in [0.717, 1.165) is 22.8 Å². The van der Waals surface area contributed by atoms with Crippen molar-refractivity contribution in [3.8, 4) is 0 Å². The Bertz CT molecular complexity index is 580. The first kappa shape index (κ1) is 9.92. The lowest BCUT2D eigenvalue weighted by Crippen LogP contribution is -2.28. The van der Waals surface area contributed by atoms with E-state index in [2.05, 4.69) is 10.3 Å². The summed E-state index contributed by atoms with van der Waals surface area (Å²) in [6.45, 7) is 0. The number of hydrogen-bond donors (Lipinski definition) is 1. The molecule has 1 aliphatic carbocycles. The molecule has 1 saturated carbocycles. The molecule has 88 valence electrons. The van der Waals surface area contributed by atoms with Gasteiger partial charge in [-0.3, -0.25) is 0 Å². The maximum Gasteiger partial charge on any atom is 0.152 e. The number of aromatic nitrogens is 1. The molecule has 2 fully saturated rings. The number of pyridine rings is 1. The normalized spacial score (nSPS) is 31.5. The summed E-state index contributed by atoms with van der Waals surface area (Å²) < 4.78 is 5.88.